The molecular formula is C25H31ClN2O3. The second kappa shape index (κ2) is 9.73. The predicted molar refractivity (Wildman–Crippen MR) is 124 cm³/mol. The number of rotatable bonds is 5. The number of nitrogens with zero attached hydrogens (tertiary/aromatic N) is 1. The van der Waals surface area contributed by atoms with Gasteiger partial charge in [-0.05, 0) is 61.1 Å². The first-order valence-corrected chi connectivity index (χ1v) is 11.1. The minimum Gasteiger partial charge on any atom is -0.483 e. The van der Waals surface area contributed by atoms with Gasteiger partial charge in [-0.3, -0.25) is 9.59 Å². The molecule has 1 N–H and O–H groups in total. The van der Waals surface area contributed by atoms with E-state index in [4.69, 9.17) is 16.3 Å². The number of hydrogen-bond acceptors (Lipinski definition) is 3. The highest BCUT2D eigenvalue weighted by Gasteiger charge is 2.25. The second-order valence-electron chi connectivity index (χ2n) is 9.17. The van der Waals surface area contributed by atoms with Crippen molar-refractivity contribution in [3.05, 3.63) is 64.2 Å². The number of carbonyl (C=O) groups is 2. The van der Waals surface area contributed by atoms with Gasteiger partial charge < -0.3 is 15.0 Å². The summed E-state index contributed by atoms with van der Waals surface area (Å²) in [5.74, 6) is 0.623. The van der Waals surface area contributed by atoms with Crippen LogP contribution in [0.5, 0.6) is 5.75 Å². The van der Waals surface area contributed by atoms with Crippen molar-refractivity contribution in [2.75, 3.05) is 19.7 Å². The number of aryl methyl sites for hydroxylation is 1. The Kier molecular flexibility index (Phi) is 7.26. The third kappa shape index (κ3) is 6.23. The van der Waals surface area contributed by atoms with Crippen molar-refractivity contribution in [3.63, 3.8) is 0 Å². The number of likely N-dealkylation sites (tertiary alicyclic amines) is 1. The van der Waals surface area contributed by atoms with Crippen molar-refractivity contribution in [2.45, 2.75) is 52.0 Å². The largest absolute Gasteiger partial charge is 0.483 e. The summed E-state index contributed by atoms with van der Waals surface area (Å²) >= 11 is 5.88. The zero-order valence-electron chi connectivity index (χ0n) is 18.7. The molecule has 0 atom stereocenters. The van der Waals surface area contributed by atoms with E-state index in [0.717, 1.165) is 24.2 Å². The summed E-state index contributed by atoms with van der Waals surface area (Å²) < 4.78 is 5.92. The number of piperidine rings is 1. The summed E-state index contributed by atoms with van der Waals surface area (Å²) in [7, 11) is 0. The van der Waals surface area contributed by atoms with Gasteiger partial charge in [-0.15, -0.1) is 0 Å². The minimum atomic E-state index is -0.112. The van der Waals surface area contributed by atoms with E-state index >= 15 is 0 Å². The van der Waals surface area contributed by atoms with E-state index in [1.165, 1.54) is 5.56 Å². The zero-order valence-corrected chi connectivity index (χ0v) is 19.5. The highest BCUT2D eigenvalue weighted by Crippen LogP contribution is 2.32. The van der Waals surface area contributed by atoms with Gasteiger partial charge in [-0.25, -0.2) is 0 Å². The van der Waals surface area contributed by atoms with Crippen molar-refractivity contribution >= 4 is 23.4 Å². The van der Waals surface area contributed by atoms with Crippen molar-refractivity contribution in [2.24, 2.45) is 0 Å². The molecular weight excluding hydrogens is 412 g/mol. The Morgan fingerprint density at radius 3 is 2.35 bits per heavy atom. The van der Waals surface area contributed by atoms with Gasteiger partial charge in [0.1, 0.15) is 5.75 Å². The third-order valence-electron chi connectivity index (χ3n) is 5.58. The Bertz CT molecular complexity index is 927. The molecule has 2 aromatic rings. The molecule has 6 heteroatoms. The van der Waals surface area contributed by atoms with Crippen LogP contribution in [0, 0.1) is 6.92 Å². The van der Waals surface area contributed by atoms with E-state index in [-0.39, 0.29) is 29.9 Å². The quantitative estimate of drug-likeness (QED) is 0.727. The molecule has 0 aliphatic carbocycles. The lowest BCUT2D eigenvalue weighted by Crippen LogP contribution is -2.47. The molecule has 0 radical (unpaired) electrons. The summed E-state index contributed by atoms with van der Waals surface area (Å²) in [6, 6.07) is 13.0. The Morgan fingerprint density at radius 1 is 1.10 bits per heavy atom. The van der Waals surface area contributed by atoms with Crippen molar-refractivity contribution in [1.82, 2.24) is 10.2 Å². The fourth-order valence-electron chi connectivity index (χ4n) is 3.73. The Labute approximate surface area is 189 Å². The minimum absolute atomic E-state index is 0.0218. The Balaban J connectivity index is 1.50. The second-order valence-corrected chi connectivity index (χ2v) is 9.61. The fraction of sp³-hybridized carbons (Fsp3) is 0.440. The summed E-state index contributed by atoms with van der Waals surface area (Å²) in [6.45, 7) is 9.70. The van der Waals surface area contributed by atoms with Crippen LogP contribution in [0.3, 0.4) is 0 Å². The molecule has 1 heterocycles. The molecule has 3 rings (SSSR count). The smallest absolute Gasteiger partial charge is 0.260 e. The van der Waals surface area contributed by atoms with Crippen LogP contribution in [0.25, 0.3) is 0 Å². The van der Waals surface area contributed by atoms with Crippen molar-refractivity contribution in [3.8, 4) is 5.75 Å². The first-order valence-electron chi connectivity index (χ1n) is 10.7. The lowest BCUT2D eigenvalue weighted by atomic mass is 9.85. The molecule has 0 unspecified atom stereocenters. The predicted octanol–water partition coefficient (Wildman–Crippen LogP) is 4.75. The van der Waals surface area contributed by atoms with E-state index in [1.807, 2.05) is 17.0 Å². The maximum atomic E-state index is 12.7. The van der Waals surface area contributed by atoms with Gasteiger partial charge in [0.25, 0.3) is 11.8 Å². The average Bonchev–Trinajstić information content (AvgIpc) is 2.73. The van der Waals surface area contributed by atoms with Gasteiger partial charge in [-0.2, -0.15) is 0 Å². The highest BCUT2D eigenvalue weighted by atomic mass is 35.5. The first kappa shape index (κ1) is 23.1. The Hall–Kier alpha value is -2.53. The molecule has 166 valence electrons. The van der Waals surface area contributed by atoms with Crippen molar-refractivity contribution < 1.29 is 14.3 Å². The van der Waals surface area contributed by atoms with Crippen LogP contribution < -0.4 is 10.1 Å². The van der Waals surface area contributed by atoms with Gasteiger partial charge in [0.15, 0.2) is 6.61 Å². The van der Waals surface area contributed by atoms with Gasteiger partial charge in [0, 0.05) is 29.7 Å². The lowest BCUT2D eigenvalue weighted by Gasteiger charge is -2.32. The molecule has 1 fully saturated rings. The van der Waals surface area contributed by atoms with Crippen molar-refractivity contribution in [1.29, 1.82) is 0 Å². The number of benzene rings is 2. The molecule has 0 aromatic heterocycles. The summed E-state index contributed by atoms with van der Waals surface area (Å²) in [5.41, 5.74) is 2.80. The molecule has 2 aromatic carbocycles. The topological polar surface area (TPSA) is 58.6 Å². The lowest BCUT2D eigenvalue weighted by molar-refractivity contribution is -0.134. The molecule has 1 saturated heterocycles. The molecule has 1 aliphatic heterocycles. The normalized spacial score (nSPS) is 14.9. The maximum absolute atomic E-state index is 12.7. The standard InChI is InChI=1S/C25H31ClN2O3/c1-17-5-10-22(21(15-17)25(2,3)4)31-16-23(29)28-13-11-20(12-14-28)27-24(30)18-6-8-19(26)9-7-18/h5-10,15,20H,11-14,16H2,1-4H3,(H,27,30). The molecule has 1 aliphatic rings. The van der Waals surface area contributed by atoms with Crippen LogP contribution in [0.1, 0.15) is 55.1 Å². The number of carbonyl (C=O) groups excluding carboxylic acids is 2. The molecule has 0 bridgehead atoms. The van der Waals surface area contributed by atoms with Gasteiger partial charge >= 0.3 is 0 Å². The summed E-state index contributed by atoms with van der Waals surface area (Å²) in [5, 5.41) is 3.65. The molecule has 0 spiro atoms. The van der Waals surface area contributed by atoms with E-state index < -0.39 is 0 Å². The number of halogens is 1. The van der Waals surface area contributed by atoms with E-state index in [2.05, 4.69) is 39.1 Å². The summed E-state index contributed by atoms with van der Waals surface area (Å²) in [4.78, 5) is 26.9. The van der Waals surface area contributed by atoms with E-state index in [0.29, 0.717) is 23.7 Å². The van der Waals surface area contributed by atoms with E-state index in [9.17, 15) is 9.59 Å². The molecule has 0 saturated carbocycles. The molecule has 31 heavy (non-hydrogen) atoms. The van der Waals surface area contributed by atoms with Gasteiger partial charge in [-0.1, -0.05) is 50.1 Å². The fourth-order valence-corrected chi connectivity index (χ4v) is 3.86. The average molecular weight is 443 g/mol. The van der Waals surface area contributed by atoms with Gasteiger partial charge in [0.05, 0.1) is 0 Å². The molecule has 2 amide bonds. The van der Waals surface area contributed by atoms with Crippen LogP contribution in [0.15, 0.2) is 42.5 Å². The van der Waals surface area contributed by atoms with Crippen LogP contribution in [-0.4, -0.2) is 42.5 Å². The Morgan fingerprint density at radius 2 is 1.74 bits per heavy atom. The SMILES string of the molecule is Cc1ccc(OCC(=O)N2CCC(NC(=O)c3ccc(Cl)cc3)CC2)c(C(C)(C)C)c1. The maximum Gasteiger partial charge on any atom is 0.260 e. The third-order valence-corrected chi connectivity index (χ3v) is 5.84. The number of hydrogen-bond donors (Lipinski definition) is 1. The van der Waals surface area contributed by atoms with E-state index in [1.54, 1.807) is 24.3 Å². The first-order chi connectivity index (χ1) is 14.6. The highest BCUT2D eigenvalue weighted by molar-refractivity contribution is 6.30. The molecule has 5 nitrogen and oxygen atoms in total. The van der Waals surface area contributed by atoms with Crippen LogP contribution in [0.2, 0.25) is 5.02 Å². The summed E-state index contributed by atoms with van der Waals surface area (Å²) in [6.07, 6.45) is 1.45. The van der Waals surface area contributed by atoms with Crippen LogP contribution in [-0.2, 0) is 10.2 Å². The monoisotopic (exact) mass is 442 g/mol. The zero-order chi connectivity index (χ0) is 22.6. The van der Waals surface area contributed by atoms with Crippen LogP contribution >= 0.6 is 11.6 Å². The number of ether oxygens (including phenoxy) is 1. The van der Waals surface area contributed by atoms with Gasteiger partial charge in [0.2, 0.25) is 0 Å². The number of nitrogens with one attached hydrogen (secondary N) is 1. The number of amides is 2. The van der Waals surface area contributed by atoms with Crippen LogP contribution in [0.4, 0.5) is 0 Å².